The fraction of sp³-hybridized carbons (Fsp3) is 0.200. The van der Waals surface area contributed by atoms with Crippen molar-refractivity contribution in [3.8, 4) is 34.1 Å². The predicted molar refractivity (Wildman–Crippen MR) is 164 cm³/mol. The monoisotopic (exact) mass is 644 g/mol. The number of rotatable bonds is 15. The van der Waals surface area contributed by atoms with Crippen LogP contribution in [0.3, 0.4) is 0 Å². The zero-order valence-electron chi connectivity index (χ0n) is 23.5. The lowest BCUT2D eigenvalue weighted by Gasteiger charge is -2.14. The molecule has 0 aromatic heterocycles. The highest BCUT2D eigenvalue weighted by Gasteiger charge is 2.11. The maximum Gasteiger partial charge on any atom is 0.294 e. The molecule has 4 rings (SSSR count). The molecule has 0 spiro atoms. The topological polar surface area (TPSA) is 198 Å². The zero-order valence-corrected chi connectivity index (χ0v) is 25.1. The first-order valence-corrected chi connectivity index (χ1v) is 16.2. The molecule has 0 bridgehead atoms. The summed E-state index contributed by atoms with van der Waals surface area (Å²) in [6, 6.07) is 21.7. The highest BCUT2D eigenvalue weighted by atomic mass is 32.2. The highest BCUT2D eigenvalue weighted by molar-refractivity contribution is 7.86. The average Bonchev–Trinajstić information content (AvgIpc) is 2.98. The number of benzene rings is 4. The molecule has 14 heteroatoms. The van der Waals surface area contributed by atoms with Crippen molar-refractivity contribution in [3.63, 3.8) is 0 Å². The molecular formula is C30H32N2O10S2. The first-order chi connectivity index (χ1) is 20.9. The second-order valence-corrected chi connectivity index (χ2v) is 12.3. The molecule has 6 N–H and O–H groups in total. The predicted octanol–water partition coefficient (Wildman–Crippen LogP) is 4.71. The van der Waals surface area contributed by atoms with Gasteiger partial charge in [-0.05, 0) is 83.9 Å². The second kappa shape index (κ2) is 14.3. The SMILES string of the molecule is Nc1ccc(-c2ccc(N)c(OCCCOc3ccc(S(=O)(=O)O)cc3)c2)cc1OCCCOc1ccc(S(=O)(=O)O)cc1. The quantitative estimate of drug-likeness (QED) is 0.0791. The van der Waals surface area contributed by atoms with Gasteiger partial charge in [0.2, 0.25) is 0 Å². The summed E-state index contributed by atoms with van der Waals surface area (Å²) >= 11 is 0. The fourth-order valence-electron chi connectivity index (χ4n) is 3.96. The minimum Gasteiger partial charge on any atom is -0.493 e. The summed E-state index contributed by atoms with van der Waals surface area (Å²) in [5, 5.41) is 0. The molecule has 0 amide bonds. The summed E-state index contributed by atoms with van der Waals surface area (Å²) in [7, 11) is -8.51. The number of hydrogen-bond acceptors (Lipinski definition) is 10. The molecule has 4 aromatic rings. The molecule has 44 heavy (non-hydrogen) atoms. The maximum absolute atomic E-state index is 11.1. The molecular weight excluding hydrogens is 612 g/mol. The van der Waals surface area contributed by atoms with Gasteiger partial charge in [0, 0.05) is 12.8 Å². The largest absolute Gasteiger partial charge is 0.493 e. The van der Waals surface area contributed by atoms with E-state index < -0.39 is 20.2 Å². The van der Waals surface area contributed by atoms with Crippen molar-refractivity contribution in [2.24, 2.45) is 0 Å². The van der Waals surface area contributed by atoms with E-state index in [0.717, 1.165) is 11.1 Å². The van der Waals surface area contributed by atoms with E-state index in [-0.39, 0.29) is 9.79 Å². The lowest BCUT2D eigenvalue weighted by molar-refractivity contribution is 0.247. The molecule has 12 nitrogen and oxygen atoms in total. The van der Waals surface area contributed by atoms with Gasteiger partial charge in [-0.3, -0.25) is 9.11 Å². The van der Waals surface area contributed by atoms with E-state index in [4.69, 9.17) is 39.5 Å². The standard InChI is InChI=1S/C30H32N2O10S2/c31-27-13-3-21(19-29(27)41-17-1-15-39-23-5-9-25(10-6-23)43(33,34)35)22-4-14-28(32)30(20-22)42-18-2-16-40-24-7-11-26(12-8-24)44(36,37)38/h3-14,19-20H,1-2,15-18,31-32H2,(H,33,34,35)(H,36,37,38). The number of anilines is 2. The normalized spacial score (nSPS) is 11.6. The van der Waals surface area contributed by atoms with E-state index in [1.54, 1.807) is 12.1 Å². The Morgan fingerprint density at radius 1 is 0.500 bits per heavy atom. The van der Waals surface area contributed by atoms with Gasteiger partial charge in [-0.2, -0.15) is 16.8 Å². The summed E-state index contributed by atoms with van der Waals surface area (Å²) in [5.41, 5.74) is 14.9. The third-order valence-electron chi connectivity index (χ3n) is 6.23. The van der Waals surface area contributed by atoms with Crippen molar-refractivity contribution in [2.45, 2.75) is 22.6 Å². The van der Waals surface area contributed by atoms with Gasteiger partial charge in [0.1, 0.15) is 23.0 Å². The Kier molecular flexibility index (Phi) is 10.5. The molecule has 0 aliphatic carbocycles. The summed E-state index contributed by atoms with van der Waals surface area (Å²) in [4.78, 5) is -0.417. The van der Waals surface area contributed by atoms with Crippen LogP contribution in [0.15, 0.2) is 94.7 Å². The third kappa shape index (κ3) is 9.25. The van der Waals surface area contributed by atoms with Gasteiger partial charge in [0.25, 0.3) is 20.2 Å². The Hall–Kier alpha value is -4.50. The molecule has 0 atom stereocenters. The van der Waals surface area contributed by atoms with E-state index in [0.29, 0.717) is 73.6 Å². The summed E-state index contributed by atoms with van der Waals surface area (Å²) in [6.45, 7) is 1.27. The lowest BCUT2D eigenvalue weighted by atomic mass is 10.0. The third-order valence-corrected chi connectivity index (χ3v) is 7.97. The van der Waals surface area contributed by atoms with Crippen LogP contribution in [0.4, 0.5) is 11.4 Å². The van der Waals surface area contributed by atoms with Crippen molar-refractivity contribution in [1.29, 1.82) is 0 Å². The van der Waals surface area contributed by atoms with Crippen LogP contribution in [0.25, 0.3) is 11.1 Å². The Morgan fingerprint density at radius 3 is 1.18 bits per heavy atom. The molecule has 0 saturated heterocycles. The van der Waals surface area contributed by atoms with Gasteiger partial charge in [0.15, 0.2) is 0 Å². The second-order valence-electron chi connectivity index (χ2n) is 9.50. The smallest absolute Gasteiger partial charge is 0.294 e. The Morgan fingerprint density at radius 2 is 0.841 bits per heavy atom. The van der Waals surface area contributed by atoms with Crippen LogP contribution in [0.1, 0.15) is 12.8 Å². The van der Waals surface area contributed by atoms with Crippen LogP contribution in [0.5, 0.6) is 23.0 Å². The molecule has 0 radical (unpaired) electrons. The number of nitrogen functional groups attached to an aromatic ring is 2. The lowest BCUT2D eigenvalue weighted by Crippen LogP contribution is -2.07. The number of nitrogens with two attached hydrogens (primary N) is 2. The maximum atomic E-state index is 11.1. The first kappa shape index (κ1) is 32.4. The van der Waals surface area contributed by atoms with Gasteiger partial charge in [-0.25, -0.2) is 0 Å². The summed E-state index contributed by atoms with van der Waals surface area (Å²) < 4.78 is 85.6. The van der Waals surface area contributed by atoms with Gasteiger partial charge in [0.05, 0.1) is 47.6 Å². The van der Waals surface area contributed by atoms with Crippen molar-refractivity contribution < 1.29 is 44.9 Å². The molecule has 0 aliphatic heterocycles. The Balaban J connectivity index is 1.25. The molecule has 0 saturated carbocycles. The Bertz CT molecular complexity index is 1650. The van der Waals surface area contributed by atoms with Crippen LogP contribution in [-0.2, 0) is 20.2 Å². The van der Waals surface area contributed by atoms with E-state index in [1.807, 2.05) is 24.3 Å². The van der Waals surface area contributed by atoms with Crippen LogP contribution >= 0.6 is 0 Å². The van der Waals surface area contributed by atoms with Crippen molar-refractivity contribution in [1.82, 2.24) is 0 Å². The van der Waals surface area contributed by atoms with Gasteiger partial charge in [-0.15, -0.1) is 0 Å². The molecule has 0 heterocycles. The first-order valence-electron chi connectivity index (χ1n) is 13.4. The molecule has 0 aliphatic rings. The van der Waals surface area contributed by atoms with E-state index in [1.165, 1.54) is 48.5 Å². The highest BCUT2D eigenvalue weighted by Crippen LogP contribution is 2.33. The van der Waals surface area contributed by atoms with Crippen LogP contribution < -0.4 is 30.4 Å². The molecule has 234 valence electrons. The minimum absolute atomic E-state index is 0.209. The van der Waals surface area contributed by atoms with Crippen LogP contribution in [0, 0.1) is 0 Å². The van der Waals surface area contributed by atoms with Gasteiger partial charge < -0.3 is 30.4 Å². The summed E-state index contributed by atoms with van der Waals surface area (Å²) in [5.74, 6) is 1.92. The van der Waals surface area contributed by atoms with E-state index in [2.05, 4.69) is 0 Å². The average molecular weight is 645 g/mol. The molecule has 0 unspecified atom stereocenters. The van der Waals surface area contributed by atoms with Crippen molar-refractivity contribution >= 4 is 31.6 Å². The van der Waals surface area contributed by atoms with Gasteiger partial charge in [-0.1, -0.05) is 12.1 Å². The Labute approximate surface area is 255 Å². The summed E-state index contributed by atoms with van der Waals surface area (Å²) in [6.07, 6.45) is 1.06. The van der Waals surface area contributed by atoms with E-state index >= 15 is 0 Å². The van der Waals surface area contributed by atoms with Crippen molar-refractivity contribution in [3.05, 3.63) is 84.9 Å². The number of hydrogen-bond donors (Lipinski definition) is 4. The van der Waals surface area contributed by atoms with E-state index in [9.17, 15) is 16.8 Å². The van der Waals surface area contributed by atoms with Crippen molar-refractivity contribution in [2.75, 3.05) is 37.9 Å². The zero-order chi connectivity index (χ0) is 31.7. The minimum atomic E-state index is -4.26. The molecule has 4 aromatic carbocycles. The fourth-order valence-corrected chi connectivity index (χ4v) is 4.92. The number of ether oxygens (including phenoxy) is 4. The molecule has 0 fully saturated rings. The van der Waals surface area contributed by atoms with Crippen LogP contribution in [0.2, 0.25) is 0 Å². The van der Waals surface area contributed by atoms with Crippen LogP contribution in [-0.4, -0.2) is 52.4 Å². The van der Waals surface area contributed by atoms with Gasteiger partial charge >= 0.3 is 0 Å².